The molecule has 36 heavy (non-hydrogen) atoms. The summed E-state index contributed by atoms with van der Waals surface area (Å²) in [7, 11) is 0. The minimum Gasteiger partial charge on any atom is -0.456 e. The van der Waals surface area contributed by atoms with Gasteiger partial charge in [0, 0.05) is 0 Å². The number of aliphatic hydroxyl groups is 1. The van der Waals surface area contributed by atoms with Gasteiger partial charge in [-0.3, -0.25) is 0 Å². The van der Waals surface area contributed by atoms with E-state index in [4.69, 9.17) is 4.74 Å². The summed E-state index contributed by atoms with van der Waals surface area (Å²) >= 11 is 0. The molecule has 0 aromatic rings. The van der Waals surface area contributed by atoms with Crippen LogP contribution in [-0.2, 0) is 9.53 Å². The van der Waals surface area contributed by atoms with Crippen LogP contribution >= 0.6 is 0 Å². The molecule has 14 heteroatoms. The van der Waals surface area contributed by atoms with Gasteiger partial charge in [-0.05, 0) is 68.6 Å². The Morgan fingerprint density at radius 2 is 1.28 bits per heavy atom. The predicted octanol–water partition coefficient (Wildman–Crippen LogP) is 6.48. The fourth-order valence-electron chi connectivity index (χ4n) is 6.88. The first kappa shape index (κ1) is 29.2. The van der Waals surface area contributed by atoms with Crippen LogP contribution in [0.4, 0.5) is 48.3 Å². The van der Waals surface area contributed by atoms with Crippen molar-refractivity contribution in [3.05, 3.63) is 0 Å². The Labute approximate surface area is 199 Å². The zero-order valence-electron chi connectivity index (χ0n) is 19.5. The molecular formula is C22H27F11O3. The largest absolute Gasteiger partial charge is 0.459 e. The second-order valence-electron chi connectivity index (χ2n) is 11.0. The number of halogens is 11. The lowest BCUT2D eigenvalue weighted by Crippen LogP contribution is -2.67. The molecule has 0 aliphatic heterocycles. The maximum Gasteiger partial charge on any atom is 0.459 e. The first-order chi connectivity index (χ1) is 16.0. The predicted molar refractivity (Wildman–Crippen MR) is 102 cm³/mol. The summed E-state index contributed by atoms with van der Waals surface area (Å²) in [4.78, 5) is 12.9. The van der Waals surface area contributed by atoms with Crippen molar-refractivity contribution in [1.82, 2.24) is 0 Å². The molecule has 3 unspecified atom stereocenters. The maximum atomic E-state index is 14.5. The lowest BCUT2D eigenvalue weighted by Gasteiger charge is -2.62. The molecule has 0 aromatic heterocycles. The minimum absolute atomic E-state index is 0.0635. The molecule has 0 saturated heterocycles. The number of carbonyl (C=O) groups is 1. The number of hydrogen-bond acceptors (Lipinski definition) is 3. The monoisotopic (exact) mass is 548 g/mol. The second-order valence-corrected chi connectivity index (χ2v) is 11.0. The summed E-state index contributed by atoms with van der Waals surface area (Å²) in [6, 6.07) is 0. The average molecular weight is 548 g/mol. The molecule has 4 saturated carbocycles. The third-order valence-electron chi connectivity index (χ3n) is 8.37. The Hall–Kier alpha value is -1.34. The lowest BCUT2D eigenvalue weighted by atomic mass is 9.47. The van der Waals surface area contributed by atoms with Gasteiger partial charge in [-0.1, -0.05) is 13.8 Å². The Kier molecular flexibility index (Phi) is 6.97. The summed E-state index contributed by atoms with van der Waals surface area (Å²) in [5.74, 6) is -21.8. The third kappa shape index (κ3) is 4.26. The highest BCUT2D eigenvalue weighted by molar-refractivity contribution is 5.80. The van der Waals surface area contributed by atoms with E-state index >= 15 is 0 Å². The fourth-order valence-corrected chi connectivity index (χ4v) is 6.88. The minimum atomic E-state index is -7.23. The molecule has 0 amide bonds. The van der Waals surface area contributed by atoms with Crippen LogP contribution in [0.3, 0.4) is 0 Å². The molecule has 0 radical (unpaired) electrons. The van der Waals surface area contributed by atoms with E-state index in [2.05, 4.69) is 0 Å². The van der Waals surface area contributed by atoms with E-state index in [0.29, 0.717) is 25.7 Å². The number of ether oxygens (including phenoxy) is 1. The van der Waals surface area contributed by atoms with Gasteiger partial charge in [0.05, 0.1) is 0 Å². The highest BCUT2D eigenvalue weighted by Gasteiger charge is 2.80. The topological polar surface area (TPSA) is 46.5 Å². The summed E-state index contributed by atoms with van der Waals surface area (Å²) in [5, 5.41) is 10.4. The normalized spacial score (nSPS) is 34.4. The van der Waals surface area contributed by atoms with Crippen LogP contribution in [0.2, 0.25) is 0 Å². The molecule has 4 fully saturated rings. The molecule has 1 N–H and O–H groups in total. The Morgan fingerprint density at radius 1 is 0.861 bits per heavy atom. The van der Waals surface area contributed by atoms with Crippen LogP contribution < -0.4 is 0 Å². The second kappa shape index (κ2) is 8.59. The van der Waals surface area contributed by atoms with E-state index in [1.54, 1.807) is 13.8 Å². The number of carbonyl (C=O) groups excluding carboxylic acids is 1. The molecule has 4 aliphatic carbocycles. The van der Waals surface area contributed by atoms with Crippen LogP contribution in [0.1, 0.15) is 52.9 Å². The van der Waals surface area contributed by atoms with Crippen LogP contribution in [-0.4, -0.2) is 52.6 Å². The molecule has 3 atom stereocenters. The zero-order valence-corrected chi connectivity index (χ0v) is 19.5. The van der Waals surface area contributed by atoms with Gasteiger partial charge in [0.2, 0.25) is 0 Å². The van der Waals surface area contributed by atoms with E-state index in [9.17, 15) is 58.2 Å². The van der Waals surface area contributed by atoms with Gasteiger partial charge in [-0.25, -0.2) is 9.18 Å². The summed E-state index contributed by atoms with van der Waals surface area (Å²) in [6.45, 7) is 3.13. The first-order valence-electron chi connectivity index (χ1n) is 11.5. The third-order valence-corrected chi connectivity index (χ3v) is 8.37. The molecule has 0 heterocycles. The van der Waals surface area contributed by atoms with Crippen molar-refractivity contribution in [3.8, 4) is 0 Å². The van der Waals surface area contributed by atoms with E-state index in [1.807, 2.05) is 0 Å². The average Bonchev–Trinajstić information content (AvgIpc) is 2.67. The smallest absolute Gasteiger partial charge is 0.456 e. The summed E-state index contributed by atoms with van der Waals surface area (Å²) < 4.78 is 153. The highest BCUT2D eigenvalue weighted by atomic mass is 19.4. The van der Waals surface area contributed by atoms with Gasteiger partial charge < -0.3 is 9.84 Å². The van der Waals surface area contributed by atoms with Gasteiger partial charge in [0.15, 0.2) is 11.8 Å². The molecule has 0 spiro atoms. The molecular weight excluding hydrogens is 521 g/mol. The summed E-state index contributed by atoms with van der Waals surface area (Å²) in [5.41, 5.74) is -5.69. The molecule has 3 nitrogen and oxygen atoms in total. The Balaban J connectivity index is 1.99. The summed E-state index contributed by atoms with van der Waals surface area (Å²) in [6.07, 6.45) is -15.7. The number of hydrogen-bond donors (Lipinski definition) is 1. The van der Waals surface area contributed by atoms with Crippen molar-refractivity contribution in [2.24, 2.45) is 35.5 Å². The molecule has 0 aromatic carbocycles. The van der Waals surface area contributed by atoms with E-state index < -0.39 is 59.4 Å². The number of rotatable bonds is 7. The van der Waals surface area contributed by atoms with Crippen molar-refractivity contribution in [1.29, 1.82) is 0 Å². The van der Waals surface area contributed by atoms with Crippen LogP contribution in [0.25, 0.3) is 0 Å². The quantitative estimate of drug-likeness (QED) is 0.293. The van der Waals surface area contributed by atoms with Crippen molar-refractivity contribution in [3.63, 3.8) is 0 Å². The van der Waals surface area contributed by atoms with Gasteiger partial charge >= 0.3 is 30.2 Å². The van der Waals surface area contributed by atoms with E-state index in [0.717, 1.165) is 6.42 Å². The van der Waals surface area contributed by atoms with Gasteiger partial charge in [-0.15, -0.1) is 0 Å². The zero-order chi connectivity index (χ0) is 27.9. The lowest BCUT2D eigenvalue weighted by molar-refractivity contribution is -0.380. The van der Waals surface area contributed by atoms with Gasteiger partial charge in [0.25, 0.3) is 0 Å². The van der Waals surface area contributed by atoms with Crippen LogP contribution in [0, 0.1) is 35.5 Å². The molecule has 210 valence electrons. The van der Waals surface area contributed by atoms with Crippen molar-refractivity contribution in [2.45, 2.75) is 94.4 Å². The molecule has 4 aliphatic rings. The van der Waals surface area contributed by atoms with Crippen LogP contribution in [0.15, 0.2) is 0 Å². The van der Waals surface area contributed by atoms with Crippen molar-refractivity contribution in [2.75, 3.05) is 0 Å². The van der Waals surface area contributed by atoms with E-state index in [1.165, 1.54) is 0 Å². The van der Waals surface area contributed by atoms with Crippen molar-refractivity contribution >= 4 is 5.97 Å². The van der Waals surface area contributed by atoms with Gasteiger partial charge in [-0.2, -0.15) is 43.9 Å². The maximum absolute atomic E-state index is 14.5. The van der Waals surface area contributed by atoms with Gasteiger partial charge in [0.1, 0.15) is 11.5 Å². The van der Waals surface area contributed by atoms with Crippen LogP contribution in [0.5, 0.6) is 0 Å². The first-order valence-corrected chi connectivity index (χ1v) is 11.5. The highest BCUT2D eigenvalue weighted by Crippen LogP contribution is 2.62. The standard InChI is InChI=1S/C22H27F11O3/c1-9(2)18(12-5-10-4-11(7-12)8-13(18)6-10)36-16(34)17(3,35)14(20(26,27)28)15(23)19(24,25)21(29,30)22(31,32)33/h9-15,35H,4-8H2,1-3H3. The number of esters is 1. The fraction of sp³-hybridized carbons (Fsp3) is 0.955. The van der Waals surface area contributed by atoms with Crippen molar-refractivity contribution < 1.29 is 62.9 Å². The Morgan fingerprint density at radius 3 is 1.61 bits per heavy atom. The van der Waals surface area contributed by atoms with E-state index in [-0.39, 0.29) is 30.6 Å². The Bertz CT molecular complexity index is 819. The SMILES string of the molecule is CC(C)C1(OC(=O)C(C)(O)C(C(F)C(F)(F)C(F)(F)C(F)(F)F)C(F)(F)F)C2CC3CC(C2)CC1C3. The molecule has 4 rings (SSSR count). The number of alkyl halides is 11. The molecule has 4 bridgehead atoms.